The van der Waals surface area contributed by atoms with Gasteiger partial charge in [0.05, 0.1) is 6.42 Å². The van der Waals surface area contributed by atoms with Crippen molar-refractivity contribution in [1.82, 2.24) is 19.6 Å². The molecule has 0 saturated carbocycles. The van der Waals surface area contributed by atoms with Gasteiger partial charge in [0, 0.05) is 41.3 Å². The van der Waals surface area contributed by atoms with E-state index in [0.717, 1.165) is 35.6 Å². The Kier molecular flexibility index (Phi) is 4.31. The smallest absolute Gasteiger partial charge is 0.252 e. The van der Waals surface area contributed by atoms with Gasteiger partial charge in [0.15, 0.2) is 0 Å². The number of nitrogens with zero attached hydrogens (tertiary/aromatic N) is 5. The molecule has 8 heteroatoms. The zero-order chi connectivity index (χ0) is 19.0. The van der Waals surface area contributed by atoms with Gasteiger partial charge >= 0.3 is 0 Å². The molecule has 1 aliphatic rings. The number of amides is 2. The number of hydrogen-bond acceptors (Lipinski definition) is 5. The van der Waals surface area contributed by atoms with E-state index in [1.807, 2.05) is 38.1 Å². The summed E-state index contributed by atoms with van der Waals surface area (Å²) < 4.78 is 1.63. The monoisotopic (exact) mass is 364 g/mol. The maximum Gasteiger partial charge on any atom is 0.252 e. The summed E-state index contributed by atoms with van der Waals surface area (Å²) in [5.41, 5.74) is 3.92. The van der Waals surface area contributed by atoms with E-state index in [0.29, 0.717) is 17.9 Å². The number of carbonyl (C=O) groups is 2. The maximum absolute atomic E-state index is 12.6. The fraction of sp³-hybridized carbons (Fsp3) is 0.316. The molecule has 2 aromatic heterocycles. The average molecular weight is 364 g/mol. The van der Waals surface area contributed by atoms with Crippen LogP contribution < -0.4 is 10.2 Å². The first kappa shape index (κ1) is 17.1. The summed E-state index contributed by atoms with van der Waals surface area (Å²) in [6, 6.07) is 7.38. The molecule has 0 bridgehead atoms. The van der Waals surface area contributed by atoms with E-state index in [4.69, 9.17) is 0 Å². The van der Waals surface area contributed by atoms with Crippen molar-refractivity contribution < 1.29 is 9.59 Å². The van der Waals surface area contributed by atoms with Gasteiger partial charge in [-0.15, -0.1) is 0 Å². The van der Waals surface area contributed by atoms with Crippen molar-refractivity contribution in [2.45, 2.75) is 33.1 Å². The second-order valence-corrected chi connectivity index (χ2v) is 6.66. The molecule has 4 rings (SSSR count). The topological polar surface area (TPSA) is 92.5 Å². The Hall–Kier alpha value is -3.29. The Morgan fingerprint density at radius 2 is 2.15 bits per heavy atom. The summed E-state index contributed by atoms with van der Waals surface area (Å²) in [6.07, 6.45) is 3.08. The van der Waals surface area contributed by atoms with Gasteiger partial charge in [0.1, 0.15) is 6.33 Å². The largest absolute Gasteiger partial charge is 0.326 e. The van der Waals surface area contributed by atoms with Gasteiger partial charge in [-0.3, -0.25) is 9.59 Å². The number of benzene rings is 1. The van der Waals surface area contributed by atoms with E-state index in [-0.39, 0.29) is 18.2 Å². The first-order chi connectivity index (χ1) is 13.0. The molecule has 2 amide bonds. The van der Waals surface area contributed by atoms with Crippen molar-refractivity contribution >= 4 is 29.0 Å². The Morgan fingerprint density at radius 3 is 2.93 bits per heavy atom. The maximum atomic E-state index is 12.6. The number of rotatable bonds is 4. The summed E-state index contributed by atoms with van der Waals surface area (Å²) >= 11 is 0. The second kappa shape index (κ2) is 6.79. The fourth-order valence-electron chi connectivity index (χ4n) is 3.45. The Labute approximate surface area is 156 Å². The van der Waals surface area contributed by atoms with E-state index in [9.17, 15) is 9.59 Å². The van der Waals surface area contributed by atoms with Crippen LogP contribution in [0.15, 0.2) is 30.6 Å². The standard InChI is InChI=1S/C19H20N6O2/c1-12-16(13(2)25-19(22-12)20-11-21-25)10-17(26)23-14-5-3-6-15(9-14)24-8-4-7-18(24)27/h3,5-6,9,11H,4,7-8,10H2,1-2H3,(H,23,26). The molecular weight excluding hydrogens is 344 g/mol. The fourth-order valence-corrected chi connectivity index (χ4v) is 3.45. The molecule has 3 heterocycles. The number of nitrogens with one attached hydrogen (secondary N) is 1. The molecule has 0 spiro atoms. The lowest BCUT2D eigenvalue weighted by Crippen LogP contribution is -2.24. The van der Waals surface area contributed by atoms with Crippen LogP contribution in [0.3, 0.4) is 0 Å². The van der Waals surface area contributed by atoms with E-state index in [1.165, 1.54) is 6.33 Å². The molecule has 1 N–H and O–H groups in total. The molecule has 1 aliphatic heterocycles. The molecule has 0 aliphatic carbocycles. The zero-order valence-corrected chi connectivity index (χ0v) is 15.3. The Morgan fingerprint density at radius 1 is 1.30 bits per heavy atom. The lowest BCUT2D eigenvalue weighted by molar-refractivity contribution is -0.117. The summed E-state index contributed by atoms with van der Waals surface area (Å²) in [5, 5.41) is 7.06. The third-order valence-electron chi connectivity index (χ3n) is 4.84. The van der Waals surface area contributed by atoms with Gasteiger partial charge in [0.2, 0.25) is 11.8 Å². The first-order valence-electron chi connectivity index (χ1n) is 8.89. The van der Waals surface area contributed by atoms with Crippen LogP contribution in [-0.4, -0.2) is 37.9 Å². The summed E-state index contributed by atoms with van der Waals surface area (Å²) in [6.45, 7) is 4.49. The molecule has 1 aromatic carbocycles. The highest BCUT2D eigenvalue weighted by Gasteiger charge is 2.22. The van der Waals surface area contributed by atoms with Crippen LogP contribution in [0, 0.1) is 13.8 Å². The third kappa shape index (κ3) is 3.25. The highest BCUT2D eigenvalue weighted by Crippen LogP contribution is 2.24. The van der Waals surface area contributed by atoms with Gasteiger partial charge < -0.3 is 10.2 Å². The normalized spacial score (nSPS) is 14.1. The predicted molar refractivity (Wildman–Crippen MR) is 101 cm³/mol. The predicted octanol–water partition coefficient (Wildman–Crippen LogP) is 2.05. The number of carbonyl (C=O) groups excluding carboxylic acids is 2. The van der Waals surface area contributed by atoms with Crippen molar-refractivity contribution in [2.24, 2.45) is 0 Å². The number of hydrogen-bond donors (Lipinski definition) is 1. The van der Waals surface area contributed by atoms with Gasteiger partial charge in [-0.2, -0.15) is 10.1 Å². The van der Waals surface area contributed by atoms with Crippen molar-refractivity contribution in [3.8, 4) is 0 Å². The van der Waals surface area contributed by atoms with Crippen LogP contribution in [0.25, 0.3) is 5.78 Å². The molecule has 0 radical (unpaired) electrons. The van der Waals surface area contributed by atoms with E-state index >= 15 is 0 Å². The van der Waals surface area contributed by atoms with Gasteiger partial charge in [0.25, 0.3) is 5.78 Å². The van der Waals surface area contributed by atoms with Crippen LogP contribution in [0.4, 0.5) is 11.4 Å². The van der Waals surface area contributed by atoms with Crippen LogP contribution in [0.2, 0.25) is 0 Å². The quantitative estimate of drug-likeness (QED) is 0.765. The molecule has 8 nitrogen and oxygen atoms in total. The number of aryl methyl sites for hydroxylation is 2. The van der Waals surface area contributed by atoms with E-state index in [2.05, 4.69) is 20.4 Å². The summed E-state index contributed by atoms with van der Waals surface area (Å²) in [4.78, 5) is 34.8. The lowest BCUT2D eigenvalue weighted by Gasteiger charge is -2.17. The van der Waals surface area contributed by atoms with Gasteiger partial charge in [-0.25, -0.2) is 9.50 Å². The van der Waals surface area contributed by atoms with E-state index < -0.39 is 0 Å². The molecule has 1 saturated heterocycles. The second-order valence-electron chi connectivity index (χ2n) is 6.66. The minimum absolute atomic E-state index is 0.122. The highest BCUT2D eigenvalue weighted by atomic mass is 16.2. The Balaban J connectivity index is 1.53. The minimum Gasteiger partial charge on any atom is -0.326 e. The average Bonchev–Trinajstić information content (AvgIpc) is 3.27. The zero-order valence-electron chi connectivity index (χ0n) is 15.3. The van der Waals surface area contributed by atoms with E-state index in [1.54, 1.807) is 9.42 Å². The first-order valence-corrected chi connectivity index (χ1v) is 8.89. The molecule has 1 fully saturated rings. The summed E-state index contributed by atoms with van der Waals surface area (Å²) in [7, 11) is 0. The molecule has 0 unspecified atom stereocenters. The van der Waals surface area contributed by atoms with Crippen molar-refractivity contribution in [3.63, 3.8) is 0 Å². The summed E-state index contributed by atoms with van der Waals surface area (Å²) in [5.74, 6) is 0.501. The number of fused-ring (bicyclic) bond motifs is 1. The lowest BCUT2D eigenvalue weighted by atomic mass is 10.1. The van der Waals surface area contributed by atoms with Crippen molar-refractivity contribution in [1.29, 1.82) is 0 Å². The van der Waals surface area contributed by atoms with Gasteiger partial charge in [-0.1, -0.05) is 6.07 Å². The highest BCUT2D eigenvalue weighted by molar-refractivity contribution is 5.97. The van der Waals surface area contributed by atoms with Crippen LogP contribution in [-0.2, 0) is 16.0 Å². The molecule has 138 valence electrons. The number of aromatic nitrogens is 4. The van der Waals surface area contributed by atoms with Crippen molar-refractivity contribution in [2.75, 3.05) is 16.8 Å². The number of anilines is 2. The molecular formula is C19H20N6O2. The molecule has 3 aromatic rings. The third-order valence-corrected chi connectivity index (χ3v) is 4.84. The van der Waals surface area contributed by atoms with Crippen LogP contribution in [0.1, 0.15) is 29.8 Å². The van der Waals surface area contributed by atoms with Crippen molar-refractivity contribution in [3.05, 3.63) is 47.5 Å². The molecule has 0 atom stereocenters. The SMILES string of the molecule is Cc1nc2ncnn2c(C)c1CC(=O)Nc1cccc(N2CCCC2=O)c1. The van der Waals surface area contributed by atoms with Gasteiger partial charge in [-0.05, 0) is 38.5 Å². The molecule has 27 heavy (non-hydrogen) atoms. The van der Waals surface area contributed by atoms with Crippen LogP contribution >= 0.6 is 0 Å². The van der Waals surface area contributed by atoms with Crippen LogP contribution in [0.5, 0.6) is 0 Å². The minimum atomic E-state index is -0.146. The Bertz CT molecular complexity index is 1040.